The molecule has 1 aromatic rings. The number of carbonyl (C=O) groups excluding carboxylic acids is 1. The highest BCUT2D eigenvalue weighted by atomic mass is 16.5. The molecule has 1 aliphatic heterocycles. The van der Waals surface area contributed by atoms with E-state index >= 15 is 0 Å². The molecule has 0 unspecified atom stereocenters. The molecule has 2 N–H and O–H groups in total. The van der Waals surface area contributed by atoms with Crippen LogP contribution >= 0.6 is 0 Å². The average Bonchev–Trinajstić information content (AvgIpc) is 2.95. The fourth-order valence-electron chi connectivity index (χ4n) is 3.62. The fraction of sp³-hybridized carbons (Fsp3) is 0.650. The van der Waals surface area contributed by atoms with Gasteiger partial charge in [0.15, 0.2) is 0 Å². The Balaban J connectivity index is 2.14. The summed E-state index contributed by atoms with van der Waals surface area (Å²) in [6.45, 7) is 7.69. The number of ether oxygens (including phenoxy) is 2. The Hall–Kier alpha value is -1.95. The number of amides is 1. The van der Waals surface area contributed by atoms with Crippen LogP contribution in [-0.2, 0) is 4.79 Å². The van der Waals surface area contributed by atoms with Gasteiger partial charge in [-0.3, -0.25) is 4.79 Å². The number of anilines is 1. The normalized spacial score (nSPS) is 15.6. The van der Waals surface area contributed by atoms with Crippen molar-refractivity contribution in [1.29, 1.82) is 0 Å². The van der Waals surface area contributed by atoms with Crippen LogP contribution in [0.3, 0.4) is 0 Å². The number of methoxy groups -OCH3 is 2. The number of hydrogen-bond acceptors (Lipinski definition) is 5. The van der Waals surface area contributed by atoms with Crippen LogP contribution in [0.5, 0.6) is 11.5 Å². The molecule has 0 saturated carbocycles. The molecule has 0 aromatic heterocycles. The van der Waals surface area contributed by atoms with Crippen LogP contribution in [-0.4, -0.2) is 57.8 Å². The van der Waals surface area contributed by atoms with Gasteiger partial charge < -0.3 is 25.0 Å². The smallest absolute Gasteiger partial charge is 0.230 e. The summed E-state index contributed by atoms with van der Waals surface area (Å²) in [6.07, 6.45) is 2.50. The van der Waals surface area contributed by atoms with E-state index in [0.717, 1.165) is 56.1 Å². The number of nitrogens with zero attached hydrogens (tertiary/aromatic N) is 2. The van der Waals surface area contributed by atoms with Crippen molar-refractivity contribution in [3.8, 4) is 11.5 Å². The minimum atomic E-state index is -0.422. The van der Waals surface area contributed by atoms with Gasteiger partial charge in [0.25, 0.3) is 0 Å². The Morgan fingerprint density at radius 2 is 1.65 bits per heavy atom. The van der Waals surface area contributed by atoms with Crippen molar-refractivity contribution < 1.29 is 14.3 Å². The first-order valence-corrected chi connectivity index (χ1v) is 9.51. The molecule has 1 amide bonds. The quantitative estimate of drug-likeness (QED) is 0.806. The first kappa shape index (κ1) is 20.4. The van der Waals surface area contributed by atoms with E-state index in [1.165, 1.54) is 0 Å². The summed E-state index contributed by atoms with van der Waals surface area (Å²) < 4.78 is 10.8. The van der Waals surface area contributed by atoms with Crippen LogP contribution < -0.4 is 20.1 Å². The lowest BCUT2D eigenvalue weighted by atomic mass is 9.81. The Kier molecular flexibility index (Phi) is 7.14. The van der Waals surface area contributed by atoms with Gasteiger partial charge in [-0.15, -0.1) is 0 Å². The molecule has 0 radical (unpaired) electrons. The highest BCUT2D eigenvalue weighted by Crippen LogP contribution is 2.31. The van der Waals surface area contributed by atoms with Gasteiger partial charge in [-0.2, -0.15) is 0 Å². The number of benzene rings is 1. The zero-order chi connectivity index (χ0) is 19.2. The largest absolute Gasteiger partial charge is 0.497 e. The third-order valence-electron chi connectivity index (χ3n) is 5.68. The van der Waals surface area contributed by atoms with Crippen molar-refractivity contribution in [1.82, 2.24) is 4.90 Å². The van der Waals surface area contributed by atoms with Gasteiger partial charge in [0, 0.05) is 56.6 Å². The SMILES string of the molecule is CCC(CC)(CN)C(=O)N1CCCN(c2cc(OC)cc(OC)c2)CC1. The molecule has 0 spiro atoms. The minimum Gasteiger partial charge on any atom is -0.497 e. The summed E-state index contributed by atoms with van der Waals surface area (Å²) in [6, 6.07) is 5.90. The van der Waals surface area contributed by atoms with E-state index in [1.54, 1.807) is 14.2 Å². The van der Waals surface area contributed by atoms with E-state index in [-0.39, 0.29) is 5.91 Å². The average molecular weight is 364 g/mol. The molecule has 0 atom stereocenters. The molecule has 1 aliphatic rings. The van der Waals surface area contributed by atoms with Crippen LogP contribution in [0.2, 0.25) is 0 Å². The lowest BCUT2D eigenvalue weighted by molar-refractivity contribution is -0.142. The summed E-state index contributed by atoms with van der Waals surface area (Å²) in [5, 5.41) is 0. The van der Waals surface area contributed by atoms with Gasteiger partial charge >= 0.3 is 0 Å². The summed E-state index contributed by atoms with van der Waals surface area (Å²) in [4.78, 5) is 17.4. The first-order valence-electron chi connectivity index (χ1n) is 9.51. The van der Waals surface area contributed by atoms with Gasteiger partial charge in [-0.1, -0.05) is 13.8 Å². The van der Waals surface area contributed by atoms with E-state index in [4.69, 9.17) is 15.2 Å². The van der Waals surface area contributed by atoms with E-state index in [9.17, 15) is 4.79 Å². The van der Waals surface area contributed by atoms with E-state index < -0.39 is 5.41 Å². The predicted molar refractivity (Wildman–Crippen MR) is 105 cm³/mol. The maximum absolute atomic E-state index is 13.1. The molecule has 1 heterocycles. The number of rotatable bonds is 7. The topological polar surface area (TPSA) is 68.0 Å². The lowest BCUT2D eigenvalue weighted by Crippen LogP contribution is -2.48. The standard InChI is InChI=1S/C20H33N3O3/c1-5-20(6-2,15-21)19(24)23-9-7-8-22(10-11-23)16-12-17(25-3)14-18(13-16)26-4/h12-14H,5-11,15,21H2,1-4H3. The summed E-state index contributed by atoms with van der Waals surface area (Å²) in [5.74, 6) is 1.75. The molecule has 0 aliphatic carbocycles. The molecule has 1 saturated heterocycles. The molecular formula is C20H33N3O3. The molecule has 2 rings (SSSR count). The van der Waals surface area contributed by atoms with E-state index in [1.807, 2.05) is 23.1 Å². The zero-order valence-electron chi connectivity index (χ0n) is 16.6. The Morgan fingerprint density at radius 3 is 2.15 bits per heavy atom. The molecule has 1 aromatic carbocycles. The van der Waals surface area contributed by atoms with Crippen molar-refractivity contribution in [2.75, 3.05) is 51.8 Å². The second-order valence-electron chi connectivity index (χ2n) is 6.90. The molecule has 6 heteroatoms. The van der Waals surface area contributed by atoms with Crippen LogP contribution in [0.1, 0.15) is 33.1 Å². The second kappa shape index (κ2) is 9.12. The summed E-state index contributed by atoms with van der Waals surface area (Å²) in [7, 11) is 3.31. The summed E-state index contributed by atoms with van der Waals surface area (Å²) >= 11 is 0. The van der Waals surface area contributed by atoms with Gasteiger partial charge in [0.2, 0.25) is 5.91 Å². The van der Waals surface area contributed by atoms with Crippen molar-refractivity contribution >= 4 is 11.6 Å². The van der Waals surface area contributed by atoms with Crippen molar-refractivity contribution in [3.05, 3.63) is 18.2 Å². The maximum atomic E-state index is 13.1. The fourth-order valence-corrected chi connectivity index (χ4v) is 3.62. The second-order valence-corrected chi connectivity index (χ2v) is 6.90. The van der Waals surface area contributed by atoms with Gasteiger partial charge in [0.05, 0.1) is 19.6 Å². The number of carbonyl (C=O) groups is 1. The third kappa shape index (κ3) is 4.23. The summed E-state index contributed by atoms with van der Waals surface area (Å²) in [5.41, 5.74) is 6.61. The highest BCUT2D eigenvalue weighted by molar-refractivity contribution is 5.83. The first-order chi connectivity index (χ1) is 12.5. The molecular weight excluding hydrogens is 330 g/mol. The van der Waals surface area contributed by atoms with Crippen molar-refractivity contribution in [2.24, 2.45) is 11.1 Å². The molecule has 146 valence electrons. The zero-order valence-corrected chi connectivity index (χ0v) is 16.6. The highest BCUT2D eigenvalue weighted by Gasteiger charge is 2.37. The maximum Gasteiger partial charge on any atom is 0.230 e. The van der Waals surface area contributed by atoms with E-state index in [0.29, 0.717) is 13.1 Å². The van der Waals surface area contributed by atoms with Gasteiger partial charge in [-0.25, -0.2) is 0 Å². The molecule has 26 heavy (non-hydrogen) atoms. The minimum absolute atomic E-state index is 0.204. The molecule has 6 nitrogen and oxygen atoms in total. The third-order valence-corrected chi connectivity index (χ3v) is 5.68. The number of nitrogens with two attached hydrogens (primary N) is 1. The van der Waals surface area contributed by atoms with Crippen LogP contribution in [0.4, 0.5) is 5.69 Å². The number of hydrogen-bond donors (Lipinski definition) is 1. The van der Waals surface area contributed by atoms with Crippen LogP contribution in [0.15, 0.2) is 18.2 Å². The Morgan fingerprint density at radius 1 is 1.04 bits per heavy atom. The van der Waals surface area contributed by atoms with Gasteiger partial charge in [-0.05, 0) is 19.3 Å². The van der Waals surface area contributed by atoms with Crippen molar-refractivity contribution in [3.63, 3.8) is 0 Å². The molecule has 1 fully saturated rings. The van der Waals surface area contributed by atoms with Crippen molar-refractivity contribution in [2.45, 2.75) is 33.1 Å². The molecule has 0 bridgehead atoms. The Labute approximate surface area is 157 Å². The lowest BCUT2D eigenvalue weighted by Gasteiger charge is -2.34. The van der Waals surface area contributed by atoms with Crippen LogP contribution in [0.25, 0.3) is 0 Å². The van der Waals surface area contributed by atoms with Crippen LogP contribution in [0, 0.1) is 5.41 Å². The predicted octanol–water partition coefficient (Wildman–Crippen LogP) is 2.51. The Bertz CT molecular complexity index is 571. The van der Waals surface area contributed by atoms with E-state index in [2.05, 4.69) is 18.7 Å². The van der Waals surface area contributed by atoms with Gasteiger partial charge in [0.1, 0.15) is 11.5 Å². The monoisotopic (exact) mass is 363 g/mol.